The Balaban J connectivity index is 2.98. The number of aryl methyl sites for hydroxylation is 2. The Morgan fingerprint density at radius 1 is 1.05 bits per heavy atom. The van der Waals surface area contributed by atoms with Crippen molar-refractivity contribution in [1.82, 2.24) is 4.98 Å². The Morgan fingerprint density at radius 3 is 2.24 bits per heavy atom. The molecule has 0 aliphatic heterocycles. The van der Waals surface area contributed by atoms with E-state index in [-0.39, 0.29) is 11.3 Å². The summed E-state index contributed by atoms with van der Waals surface area (Å²) in [5.41, 5.74) is 1.08. The number of aromatic nitrogens is 1. The SMILES string of the molecule is COC(=O)c1[nH]c2c(C)cc(C)cc2c(=O)c1C(=O)OC. The largest absolute Gasteiger partial charge is 0.465 e. The van der Waals surface area contributed by atoms with Crippen LogP contribution in [-0.4, -0.2) is 31.1 Å². The number of benzene rings is 1. The van der Waals surface area contributed by atoms with Gasteiger partial charge in [-0.25, -0.2) is 9.59 Å². The standard InChI is InChI=1S/C15H15NO5/c1-7-5-8(2)11-9(6-7)13(17)10(14(18)20-3)12(16-11)15(19)21-4/h5-6H,1-4H3,(H,16,17). The van der Waals surface area contributed by atoms with E-state index >= 15 is 0 Å². The Bertz CT molecular complexity index is 804. The molecule has 6 nitrogen and oxygen atoms in total. The van der Waals surface area contributed by atoms with Crippen LogP contribution in [0, 0.1) is 13.8 Å². The van der Waals surface area contributed by atoms with Crippen LogP contribution in [0.4, 0.5) is 0 Å². The number of H-pyrrole nitrogens is 1. The van der Waals surface area contributed by atoms with Crippen LogP contribution in [0.5, 0.6) is 0 Å². The summed E-state index contributed by atoms with van der Waals surface area (Å²) in [6, 6.07) is 3.53. The highest BCUT2D eigenvalue weighted by Crippen LogP contribution is 2.19. The van der Waals surface area contributed by atoms with Crippen molar-refractivity contribution in [2.75, 3.05) is 14.2 Å². The lowest BCUT2D eigenvalue weighted by Gasteiger charge is -2.10. The quantitative estimate of drug-likeness (QED) is 0.851. The van der Waals surface area contributed by atoms with Gasteiger partial charge in [0, 0.05) is 5.39 Å². The predicted molar refractivity (Wildman–Crippen MR) is 76.7 cm³/mol. The van der Waals surface area contributed by atoms with Gasteiger partial charge < -0.3 is 14.5 Å². The number of ether oxygens (including phenoxy) is 2. The number of fused-ring (bicyclic) bond motifs is 1. The van der Waals surface area contributed by atoms with Crippen LogP contribution in [-0.2, 0) is 9.47 Å². The summed E-state index contributed by atoms with van der Waals surface area (Å²) in [4.78, 5) is 39.0. The molecule has 2 rings (SSSR count). The molecule has 6 heteroatoms. The van der Waals surface area contributed by atoms with Crippen LogP contribution < -0.4 is 5.43 Å². The Labute approximate surface area is 120 Å². The molecule has 21 heavy (non-hydrogen) atoms. The van der Waals surface area contributed by atoms with E-state index < -0.39 is 17.4 Å². The molecule has 1 aromatic carbocycles. The fraction of sp³-hybridized carbons (Fsp3) is 0.267. The van der Waals surface area contributed by atoms with Crippen molar-refractivity contribution < 1.29 is 19.1 Å². The lowest BCUT2D eigenvalue weighted by molar-refractivity contribution is 0.0549. The summed E-state index contributed by atoms with van der Waals surface area (Å²) < 4.78 is 9.22. The summed E-state index contributed by atoms with van der Waals surface area (Å²) in [6.45, 7) is 3.65. The maximum atomic E-state index is 12.5. The molecule has 0 aliphatic carbocycles. The second-order valence-corrected chi connectivity index (χ2v) is 4.69. The maximum Gasteiger partial charge on any atom is 0.355 e. The van der Waals surface area contributed by atoms with Crippen LogP contribution in [0.15, 0.2) is 16.9 Å². The minimum absolute atomic E-state index is 0.200. The number of rotatable bonds is 2. The molecule has 1 heterocycles. The van der Waals surface area contributed by atoms with Gasteiger partial charge in [0.05, 0.1) is 19.7 Å². The zero-order chi connectivity index (χ0) is 15.7. The number of aromatic amines is 1. The van der Waals surface area contributed by atoms with Crippen molar-refractivity contribution in [3.05, 3.63) is 44.7 Å². The van der Waals surface area contributed by atoms with Gasteiger partial charge >= 0.3 is 11.9 Å². The third kappa shape index (κ3) is 2.40. The summed E-state index contributed by atoms with van der Waals surface area (Å²) in [5, 5.41) is 0.334. The van der Waals surface area contributed by atoms with Gasteiger partial charge in [-0.3, -0.25) is 4.79 Å². The fourth-order valence-electron chi connectivity index (χ4n) is 2.30. The molecule has 0 radical (unpaired) electrons. The Kier molecular flexibility index (Phi) is 3.80. The highest BCUT2D eigenvalue weighted by molar-refractivity contribution is 6.05. The van der Waals surface area contributed by atoms with Crippen molar-refractivity contribution in [3.63, 3.8) is 0 Å². The van der Waals surface area contributed by atoms with E-state index in [2.05, 4.69) is 14.5 Å². The lowest BCUT2D eigenvalue weighted by atomic mass is 10.0. The molecule has 110 valence electrons. The summed E-state index contributed by atoms with van der Waals surface area (Å²) in [7, 11) is 2.32. The highest BCUT2D eigenvalue weighted by Gasteiger charge is 2.25. The van der Waals surface area contributed by atoms with Crippen LogP contribution >= 0.6 is 0 Å². The van der Waals surface area contributed by atoms with Crippen molar-refractivity contribution in [3.8, 4) is 0 Å². The summed E-state index contributed by atoms with van der Waals surface area (Å²) in [6.07, 6.45) is 0. The first-order valence-corrected chi connectivity index (χ1v) is 6.24. The molecule has 0 spiro atoms. The number of methoxy groups -OCH3 is 2. The van der Waals surface area contributed by atoms with Crippen molar-refractivity contribution >= 4 is 22.8 Å². The topological polar surface area (TPSA) is 85.5 Å². The van der Waals surface area contributed by atoms with Crippen LogP contribution in [0.3, 0.4) is 0 Å². The molecule has 0 fully saturated rings. The smallest absolute Gasteiger partial charge is 0.355 e. The zero-order valence-corrected chi connectivity index (χ0v) is 12.2. The van der Waals surface area contributed by atoms with Gasteiger partial charge in [-0.15, -0.1) is 0 Å². The third-order valence-corrected chi connectivity index (χ3v) is 3.23. The van der Waals surface area contributed by atoms with E-state index in [0.717, 1.165) is 18.2 Å². The van der Waals surface area contributed by atoms with Gasteiger partial charge in [0.15, 0.2) is 0 Å². The van der Waals surface area contributed by atoms with Gasteiger partial charge in [0.1, 0.15) is 11.3 Å². The number of pyridine rings is 1. The molecule has 0 aliphatic rings. The Morgan fingerprint density at radius 2 is 1.67 bits per heavy atom. The first-order chi connectivity index (χ1) is 9.90. The first kappa shape index (κ1) is 14.8. The van der Waals surface area contributed by atoms with E-state index in [1.54, 1.807) is 6.07 Å². The second-order valence-electron chi connectivity index (χ2n) is 4.69. The van der Waals surface area contributed by atoms with Gasteiger partial charge in [0.25, 0.3) is 0 Å². The molecular weight excluding hydrogens is 274 g/mol. The monoisotopic (exact) mass is 289 g/mol. The van der Waals surface area contributed by atoms with E-state index in [1.165, 1.54) is 7.11 Å². The third-order valence-electron chi connectivity index (χ3n) is 3.23. The average molecular weight is 289 g/mol. The molecule has 0 atom stereocenters. The summed E-state index contributed by atoms with van der Waals surface area (Å²) >= 11 is 0. The van der Waals surface area contributed by atoms with Crippen molar-refractivity contribution in [2.45, 2.75) is 13.8 Å². The molecule has 0 bridgehead atoms. The molecule has 1 N–H and O–H groups in total. The van der Waals surface area contributed by atoms with E-state index in [0.29, 0.717) is 10.9 Å². The van der Waals surface area contributed by atoms with E-state index in [4.69, 9.17) is 0 Å². The maximum absolute atomic E-state index is 12.5. The molecule has 0 saturated heterocycles. The molecule has 0 saturated carbocycles. The number of hydrogen-bond donors (Lipinski definition) is 1. The van der Waals surface area contributed by atoms with Crippen LogP contribution in [0.2, 0.25) is 0 Å². The van der Waals surface area contributed by atoms with Crippen molar-refractivity contribution in [1.29, 1.82) is 0 Å². The molecule has 1 aromatic heterocycles. The number of nitrogens with one attached hydrogen (secondary N) is 1. The molecule has 0 amide bonds. The number of esters is 2. The van der Waals surface area contributed by atoms with Gasteiger partial charge in [-0.1, -0.05) is 6.07 Å². The molecule has 2 aromatic rings. The zero-order valence-electron chi connectivity index (χ0n) is 12.2. The van der Waals surface area contributed by atoms with Gasteiger partial charge in [-0.05, 0) is 31.0 Å². The lowest BCUT2D eigenvalue weighted by Crippen LogP contribution is -2.24. The van der Waals surface area contributed by atoms with E-state index in [1.807, 2.05) is 19.9 Å². The van der Waals surface area contributed by atoms with Gasteiger partial charge in [0.2, 0.25) is 5.43 Å². The normalized spacial score (nSPS) is 10.5. The molecular formula is C15H15NO5. The number of carbonyl (C=O) groups is 2. The first-order valence-electron chi connectivity index (χ1n) is 6.24. The average Bonchev–Trinajstić information content (AvgIpc) is 2.46. The second kappa shape index (κ2) is 5.40. The minimum Gasteiger partial charge on any atom is -0.465 e. The Hall–Kier alpha value is -2.63. The predicted octanol–water partition coefficient (Wildman–Crippen LogP) is 1.72. The fourth-order valence-corrected chi connectivity index (χ4v) is 2.30. The minimum atomic E-state index is -0.877. The van der Waals surface area contributed by atoms with Gasteiger partial charge in [-0.2, -0.15) is 0 Å². The highest BCUT2D eigenvalue weighted by atomic mass is 16.5. The number of hydrogen-bond acceptors (Lipinski definition) is 5. The summed E-state index contributed by atoms with van der Waals surface area (Å²) in [5.74, 6) is -1.67. The van der Waals surface area contributed by atoms with Crippen LogP contribution in [0.25, 0.3) is 10.9 Å². The number of carbonyl (C=O) groups excluding carboxylic acids is 2. The molecule has 0 unspecified atom stereocenters. The van der Waals surface area contributed by atoms with Crippen molar-refractivity contribution in [2.24, 2.45) is 0 Å². The van der Waals surface area contributed by atoms with Crippen LogP contribution in [0.1, 0.15) is 32.0 Å². The van der Waals surface area contributed by atoms with E-state index in [9.17, 15) is 14.4 Å².